The minimum absolute atomic E-state index is 0.0258. The first-order valence-corrected chi connectivity index (χ1v) is 6.26. The zero-order valence-corrected chi connectivity index (χ0v) is 10.8. The number of nitrogens with two attached hydrogens (primary N) is 1. The summed E-state index contributed by atoms with van der Waals surface area (Å²) in [6.07, 6.45) is 0. The molecule has 6 nitrogen and oxygen atoms in total. The molecule has 0 radical (unpaired) electrons. The fraction of sp³-hybridized carbons (Fsp3) is 0.385. The van der Waals surface area contributed by atoms with Crippen LogP contribution in [0.5, 0.6) is 0 Å². The van der Waals surface area contributed by atoms with Gasteiger partial charge in [-0.3, -0.25) is 4.79 Å². The molecule has 6 heteroatoms. The van der Waals surface area contributed by atoms with Gasteiger partial charge in [0.1, 0.15) is 0 Å². The molecule has 1 aromatic rings. The van der Waals surface area contributed by atoms with Gasteiger partial charge in [-0.05, 0) is 25.1 Å². The Morgan fingerprint density at radius 1 is 1.47 bits per heavy atom. The highest BCUT2D eigenvalue weighted by Crippen LogP contribution is 2.15. The fourth-order valence-electron chi connectivity index (χ4n) is 2.18. The number of nitrogens with zero attached hydrogens (tertiary/aromatic N) is 1. The second-order valence-electron chi connectivity index (χ2n) is 4.62. The van der Waals surface area contributed by atoms with Crippen LogP contribution in [0.4, 0.5) is 10.5 Å². The van der Waals surface area contributed by atoms with Crippen molar-refractivity contribution < 1.29 is 9.59 Å². The Kier molecular flexibility index (Phi) is 4.01. The maximum Gasteiger partial charge on any atom is 0.316 e. The zero-order valence-electron chi connectivity index (χ0n) is 10.8. The minimum atomic E-state index is -0.639. The van der Waals surface area contributed by atoms with E-state index in [2.05, 4.69) is 10.6 Å². The van der Waals surface area contributed by atoms with Crippen LogP contribution in [0.25, 0.3) is 0 Å². The summed E-state index contributed by atoms with van der Waals surface area (Å²) in [7, 11) is 0. The highest BCUT2D eigenvalue weighted by molar-refractivity contribution is 5.96. The summed E-state index contributed by atoms with van der Waals surface area (Å²) in [6, 6.07) is 6.33. The van der Waals surface area contributed by atoms with Crippen molar-refractivity contribution in [3.8, 4) is 0 Å². The van der Waals surface area contributed by atoms with Crippen LogP contribution in [0.1, 0.15) is 17.3 Å². The van der Waals surface area contributed by atoms with Gasteiger partial charge in [-0.1, -0.05) is 6.07 Å². The highest BCUT2D eigenvalue weighted by atomic mass is 16.2. The first-order valence-electron chi connectivity index (χ1n) is 6.26. The van der Waals surface area contributed by atoms with Crippen molar-refractivity contribution in [2.24, 2.45) is 5.73 Å². The van der Waals surface area contributed by atoms with Crippen LogP contribution in [-0.2, 0) is 0 Å². The number of piperazine rings is 1. The molecule has 1 aliphatic rings. The molecule has 1 fully saturated rings. The number of amides is 3. The number of hydrogen-bond donors (Lipinski definition) is 3. The van der Waals surface area contributed by atoms with Crippen molar-refractivity contribution in [1.29, 1.82) is 0 Å². The summed E-state index contributed by atoms with van der Waals surface area (Å²) in [4.78, 5) is 25.0. The molecule has 19 heavy (non-hydrogen) atoms. The first kappa shape index (κ1) is 13.4. The molecular weight excluding hydrogens is 244 g/mol. The van der Waals surface area contributed by atoms with E-state index in [1.54, 1.807) is 24.3 Å². The maximum absolute atomic E-state index is 12.4. The van der Waals surface area contributed by atoms with E-state index in [9.17, 15) is 9.59 Å². The fourth-order valence-corrected chi connectivity index (χ4v) is 2.18. The van der Waals surface area contributed by atoms with Gasteiger partial charge in [-0.15, -0.1) is 0 Å². The van der Waals surface area contributed by atoms with E-state index in [0.717, 1.165) is 13.1 Å². The standard InChI is InChI=1S/C13H18N4O2/c1-9-8-15-5-6-17(9)12(18)10-3-2-4-11(7-10)16-13(14)19/h2-4,7,9,15H,5-6,8H2,1H3,(H3,14,16,19)/t9-/m0/s1. The lowest BCUT2D eigenvalue weighted by Gasteiger charge is -2.34. The average molecular weight is 262 g/mol. The SMILES string of the molecule is C[C@H]1CNCCN1C(=O)c1cccc(NC(N)=O)c1. The summed E-state index contributed by atoms with van der Waals surface area (Å²) in [5.41, 5.74) is 6.15. The van der Waals surface area contributed by atoms with Crippen LogP contribution >= 0.6 is 0 Å². The molecule has 2 rings (SSSR count). The molecule has 1 atom stereocenters. The number of anilines is 1. The molecule has 102 valence electrons. The van der Waals surface area contributed by atoms with Gasteiger partial charge in [0.05, 0.1) is 0 Å². The minimum Gasteiger partial charge on any atom is -0.351 e. The van der Waals surface area contributed by atoms with Crippen LogP contribution in [0.2, 0.25) is 0 Å². The van der Waals surface area contributed by atoms with E-state index in [-0.39, 0.29) is 11.9 Å². The number of benzene rings is 1. The first-order chi connectivity index (χ1) is 9.08. The smallest absolute Gasteiger partial charge is 0.316 e. The predicted octanol–water partition coefficient (Wildman–Crippen LogP) is 0.611. The molecule has 1 heterocycles. The van der Waals surface area contributed by atoms with Crippen LogP contribution in [0, 0.1) is 0 Å². The summed E-state index contributed by atoms with van der Waals surface area (Å²) < 4.78 is 0. The largest absolute Gasteiger partial charge is 0.351 e. The van der Waals surface area contributed by atoms with E-state index in [0.29, 0.717) is 17.8 Å². The molecule has 1 aromatic carbocycles. The molecule has 4 N–H and O–H groups in total. The topological polar surface area (TPSA) is 87.5 Å². The van der Waals surface area contributed by atoms with Crippen molar-refractivity contribution in [2.75, 3.05) is 25.0 Å². The lowest BCUT2D eigenvalue weighted by Crippen LogP contribution is -2.52. The van der Waals surface area contributed by atoms with E-state index >= 15 is 0 Å². The number of hydrogen-bond acceptors (Lipinski definition) is 3. The molecule has 0 spiro atoms. The summed E-state index contributed by atoms with van der Waals surface area (Å²) >= 11 is 0. The Morgan fingerprint density at radius 2 is 2.26 bits per heavy atom. The van der Waals surface area contributed by atoms with Crippen LogP contribution in [-0.4, -0.2) is 42.5 Å². The van der Waals surface area contributed by atoms with Crippen LogP contribution < -0.4 is 16.4 Å². The van der Waals surface area contributed by atoms with E-state index in [1.807, 2.05) is 11.8 Å². The van der Waals surface area contributed by atoms with Gasteiger partial charge in [0, 0.05) is 36.9 Å². The van der Waals surface area contributed by atoms with Crippen molar-refractivity contribution >= 4 is 17.6 Å². The van der Waals surface area contributed by atoms with E-state index in [1.165, 1.54) is 0 Å². The van der Waals surface area contributed by atoms with Crippen LogP contribution in [0.3, 0.4) is 0 Å². The molecule has 0 aliphatic carbocycles. The Bertz CT molecular complexity index is 489. The lowest BCUT2D eigenvalue weighted by atomic mass is 10.1. The number of carbonyl (C=O) groups is 2. The van der Waals surface area contributed by atoms with Crippen LogP contribution in [0.15, 0.2) is 24.3 Å². The molecule has 3 amide bonds. The van der Waals surface area contributed by atoms with Gasteiger partial charge in [-0.25, -0.2) is 4.79 Å². The van der Waals surface area contributed by atoms with Gasteiger partial charge in [0.25, 0.3) is 5.91 Å². The Balaban J connectivity index is 2.16. The Labute approximate surface area is 112 Å². The van der Waals surface area contributed by atoms with Gasteiger partial charge >= 0.3 is 6.03 Å². The lowest BCUT2D eigenvalue weighted by molar-refractivity contribution is 0.0656. The molecule has 0 unspecified atom stereocenters. The number of urea groups is 1. The Morgan fingerprint density at radius 3 is 2.95 bits per heavy atom. The summed E-state index contributed by atoms with van der Waals surface area (Å²) in [5, 5.41) is 5.71. The van der Waals surface area contributed by atoms with Crippen molar-refractivity contribution in [3.63, 3.8) is 0 Å². The monoisotopic (exact) mass is 262 g/mol. The third-order valence-corrected chi connectivity index (χ3v) is 3.14. The number of nitrogens with one attached hydrogen (secondary N) is 2. The summed E-state index contributed by atoms with van der Waals surface area (Å²) in [5.74, 6) is -0.0258. The zero-order chi connectivity index (χ0) is 13.8. The maximum atomic E-state index is 12.4. The second kappa shape index (κ2) is 5.71. The average Bonchev–Trinajstić information content (AvgIpc) is 2.38. The molecule has 0 bridgehead atoms. The highest BCUT2D eigenvalue weighted by Gasteiger charge is 2.24. The molecule has 1 saturated heterocycles. The number of primary amides is 1. The molecule has 0 saturated carbocycles. The molecular formula is C13H18N4O2. The van der Waals surface area contributed by atoms with E-state index < -0.39 is 6.03 Å². The van der Waals surface area contributed by atoms with Gasteiger partial charge in [-0.2, -0.15) is 0 Å². The predicted molar refractivity (Wildman–Crippen MR) is 73.0 cm³/mol. The number of carbonyl (C=O) groups excluding carboxylic acids is 2. The van der Waals surface area contributed by atoms with Gasteiger partial charge < -0.3 is 21.3 Å². The quantitative estimate of drug-likeness (QED) is 0.729. The third kappa shape index (κ3) is 3.23. The Hall–Kier alpha value is -2.08. The van der Waals surface area contributed by atoms with Crippen molar-refractivity contribution in [3.05, 3.63) is 29.8 Å². The molecule has 1 aliphatic heterocycles. The van der Waals surface area contributed by atoms with Gasteiger partial charge in [0.15, 0.2) is 0 Å². The third-order valence-electron chi connectivity index (χ3n) is 3.14. The van der Waals surface area contributed by atoms with E-state index in [4.69, 9.17) is 5.73 Å². The number of rotatable bonds is 2. The normalized spacial score (nSPS) is 19.0. The van der Waals surface area contributed by atoms with Gasteiger partial charge in [0.2, 0.25) is 0 Å². The summed E-state index contributed by atoms with van der Waals surface area (Å²) in [6.45, 7) is 4.29. The molecule has 0 aromatic heterocycles. The van der Waals surface area contributed by atoms with Crippen molar-refractivity contribution in [2.45, 2.75) is 13.0 Å². The second-order valence-corrected chi connectivity index (χ2v) is 4.62. The van der Waals surface area contributed by atoms with Crippen molar-refractivity contribution in [1.82, 2.24) is 10.2 Å².